The van der Waals surface area contributed by atoms with Gasteiger partial charge in [-0.1, -0.05) is 18.2 Å². The summed E-state index contributed by atoms with van der Waals surface area (Å²) >= 11 is 0. The van der Waals surface area contributed by atoms with Crippen molar-refractivity contribution in [1.29, 1.82) is 0 Å². The van der Waals surface area contributed by atoms with E-state index in [4.69, 9.17) is 9.72 Å². The van der Waals surface area contributed by atoms with Gasteiger partial charge in [0.15, 0.2) is 0 Å². The number of hydrogen-bond acceptors (Lipinski definition) is 6. The molecule has 1 aromatic carbocycles. The topological polar surface area (TPSA) is 63.2 Å². The number of benzene rings is 1. The van der Waals surface area contributed by atoms with Gasteiger partial charge in [0.2, 0.25) is 5.95 Å². The first-order valence-corrected chi connectivity index (χ1v) is 9.20. The molecule has 2 aromatic heterocycles. The Morgan fingerprint density at radius 3 is 2.74 bits per heavy atom. The first kappa shape index (κ1) is 17.4. The normalized spacial score (nSPS) is 17.0. The van der Waals surface area contributed by atoms with Gasteiger partial charge < -0.3 is 10.1 Å². The number of likely N-dealkylation sites (tertiary alicyclic amines) is 1. The average molecular weight is 361 g/mol. The Kier molecular flexibility index (Phi) is 5.25. The van der Waals surface area contributed by atoms with Crippen LogP contribution in [-0.2, 0) is 6.54 Å². The fraction of sp³-hybridized carbons (Fsp3) is 0.286. The highest BCUT2D eigenvalue weighted by Gasteiger charge is 2.27. The minimum absolute atomic E-state index is 0.305. The molecule has 0 radical (unpaired) electrons. The number of anilines is 2. The molecule has 3 aromatic rings. The van der Waals surface area contributed by atoms with Crippen LogP contribution in [0.25, 0.3) is 0 Å². The van der Waals surface area contributed by atoms with Gasteiger partial charge in [0.05, 0.1) is 18.8 Å². The van der Waals surface area contributed by atoms with Gasteiger partial charge in [-0.3, -0.25) is 4.90 Å². The highest BCUT2D eigenvalue weighted by molar-refractivity contribution is 5.46. The second-order valence-corrected chi connectivity index (χ2v) is 6.62. The van der Waals surface area contributed by atoms with E-state index in [0.717, 1.165) is 36.8 Å². The molecule has 0 saturated carbocycles. The van der Waals surface area contributed by atoms with Crippen molar-refractivity contribution in [1.82, 2.24) is 19.9 Å². The maximum atomic E-state index is 5.25. The Morgan fingerprint density at radius 1 is 1.07 bits per heavy atom. The predicted octanol–water partition coefficient (Wildman–Crippen LogP) is 3.96. The SMILES string of the molecule is COc1ccc(CN2CCC[C@@H]2c2ccnc(Nc3ccccn3)n2)cc1. The van der Waals surface area contributed by atoms with Crippen LogP contribution in [0.4, 0.5) is 11.8 Å². The molecule has 6 nitrogen and oxygen atoms in total. The molecule has 1 aliphatic rings. The zero-order chi connectivity index (χ0) is 18.5. The van der Waals surface area contributed by atoms with Gasteiger partial charge in [0.25, 0.3) is 0 Å². The molecule has 1 fully saturated rings. The molecular weight excluding hydrogens is 338 g/mol. The molecule has 1 saturated heterocycles. The summed E-state index contributed by atoms with van der Waals surface area (Å²) in [6.07, 6.45) is 5.85. The van der Waals surface area contributed by atoms with Crippen molar-refractivity contribution in [2.45, 2.75) is 25.4 Å². The van der Waals surface area contributed by atoms with Crippen molar-refractivity contribution < 1.29 is 4.74 Å². The molecule has 0 unspecified atom stereocenters. The van der Waals surface area contributed by atoms with Gasteiger partial charge in [-0.2, -0.15) is 0 Å². The maximum absolute atomic E-state index is 5.25. The smallest absolute Gasteiger partial charge is 0.228 e. The lowest BCUT2D eigenvalue weighted by Gasteiger charge is -2.24. The second-order valence-electron chi connectivity index (χ2n) is 6.62. The molecule has 3 heterocycles. The zero-order valence-corrected chi connectivity index (χ0v) is 15.4. The third-order valence-electron chi connectivity index (χ3n) is 4.83. The fourth-order valence-electron chi connectivity index (χ4n) is 3.49. The Bertz CT molecular complexity index is 869. The Morgan fingerprint density at radius 2 is 1.96 bits per heavy atom. The van der Waals surface area contributed by atoms with Gasteiger partial charge in [-0.15, -0.1) is 0 Å². The van der Waals surface area contributed by atoms with E-state index in [0.29, 0.717) is 12.0 Å². The lowest BCUT2D eigenvalue weighted by Crippen LogP contribution is -2.23. The highest BCUT2D eigenvalue weighted by atomic mass is 16.5. The highest BCUT2D eigenvalue weighted by Crippen LogP contribution is 2.32. The van der Waals surface area contributed by atoms with Crippen LogP contribution in [0.15, 0.2) is 60.9 Å². The molecule has 0 aliphatic carbocycles. The average Bonchev–Trinajstić information content (AvgIpc) is 3.18. The summed E-state index contributed by atoms with van der Waals surface area (Å²) < 4.78 is 5.25. The van der Waals surface area contributed by atoms with E-state index in [1.54, 1.807) is 13.3 Å². The number of nitrogens with zero attached hydrogens (tertiary/aromatic N) is 4. The standard InChI is InChI=1S/C21H23N5O/c1-27-17-9-7-16(8-10-17)15-26-14-4-5-19(26)18-11-13-23-21(24-18)25-20-6-2-3-12-22-20/h2-3,6-13,19H,4-5,14-15H2,1H3,(H,22,23,24,25)/t19-/m1/s1. The molecule has 1 aliphatic heterocycles. The third-order valence-corrected chi connectivity index (χ3v) is 4.83. The van der Waals surface area contributed by atoms with E-state index < -0.39 is 0 Å². The van der Waals surface area contributed by atoms with Crippen molar-refractivity contribution in [3.63, 3.8) is 0 Å². The summed E-state index contributed by atoms with van der Waals surface area (Å²) in [4.78, 5) is 15.8. The summed E-state index contributed by atoms with van der Waals surface area (Å²) in [7, 11) is 1.69. The molecule has 6 heteroatoms. The fourth-order valence-corrected chi connectivity index (χ4v) is 3.49. The van der Waals surface area contributed by atoms with Gasteiger partial charge in [0.1, 0.15) is 11.6 Å². The maximum Gasteiger partial charge on any atom is 0.228 e. The third kappa shape index (κ3) is 4.23. The molecular formula is C21H23N5O. The van der Waals surface area contributed by atoms with Gasteiger partial charge in [0, 0.05) is 18.9 Å². The van der Waals surface area contributed by atoms with E-state index >= 15 is 0 Å². The lowest BCUT2D eigenvalue weighted by molar-refractivity contribution is 0.244. The van der Waals surface area contributed by atoms with Crippen LogP contribution in [-0.4, -0.2) is 33.5 Å². The van der Waals surface area contributed by atoms with E-state index in [9.17, 15) is 0 Å². The minimum atomic E-state index is 0.305. The lowest BCUT2D eigenvalue weighted by atomic mass is 10.1. The quantitative estimate of drug-likeness (QED) is 0.717. The molecule has 0 amide bonds. The van der Waals surface area contributed by atoms with Crippen LogP contribution in [0.2, 0.25) is 0 Å². The van der Waals surface area contributed by atoms with Crippen LogP contribution in [0.1, 0.15) is 30.1 Å². The Hall–Kier alpha value is -2.99. The van der Waals surface area contributed by atoms with Gasteiger partial charge in [-0.25, -0.2) is 15.0 Å². The van der Waals surface area contributed by atoms with E-state index in [1.165, 1.54) is 12.0 Å². The van der Waals surface area contributed by atoms with Crippen molar-refractivity contribution in [2.24, 2.45) is 0 Å². The number of ether oxygens (including phenoxy) is 1. The van der Waals surface area contributed by atoms with Gasteiger partial charge >= 0.3 is 0 Å². The van der Waals surface area contributed by atoms with Gasteiger partial charge in [-0.05, 0) is 55.3 Å². The molecule has 1 N–H and O–H groups in total. The molecule has 138 valence electrons. The van der Waals surface area contributed by atoms with Crippen molar-refractivity contribution in [2.75, 3.05) is 19.0 Å². The van der Waals surface area contributed by atoms with Crippen molar-refractivity contribution in [3.8, 4) is 5.75 Å². The number of methoxy groups -OCH3 is 1. The Labute approximate surface area is 159 Å². The van der Waals surface area contributed by atoms with Crippen molar-refractivity contribution in [3.05, 3.63) is 72.2 Å². The summed E-state index contributed by atoms with van der Waals surface area (Å²) in [6, 6.07) is 16.3. The number of aromatic nitrogens is 3. The van der Waals surface area contributed by atoms with E-state index in [-0.39, 0.29) is 0 Å². The van der Waals surface area contributed by atoms with Crippen LogP contribution >= 0.6 is 0 Å². The largest absolute Gasteiger partial charge is 0.497 e. The van der Waals surface area contributed by atoms with Crippen LogP contribution < -0.4 is 10.1 Å². The predicted molar refractivity (Wildman–Crippen MR) is 105 cm³/mol. The monoisotopic (exact) mass is 361 g/mol. The summed E-state index contributed by atoms with van der Waals surface area (Å²) in [6.45, 7) is 1.98. The summed E-state index contributed by atoms with van der Waals surface area (Å²) in [5.74, 6) is 2.22. The number of hydrogen-bond donors (Lipinski definition) is 1. The van der Waals surface area contributed by atoms with Crippen LogP contribution in [0, 0.1) is 0 Å². The first-order chi connectivity index (χ1) is 13.3. The number of nitrogens with one attached hydrogen (secondary N) is 1. The van der Waals surface area contributed by atoms with Crippen molar-refractivity contribution >= 4 is 11.8 Å². The Balaban J connectivity index is 1.48. The molecule has 1 atom stereocenters. The van der Waals surface area contributed by atoms with E-state index in [1.807, 2.05) is 42.6 Å². The molecule has 4 rings (SSSR count). The zero-order valence-electron chi connectivity index (χ0n) is 15.4. The van der Waals surface area contributed by atoms with E-state index in [2.05, 4.69) is 32.3 Å². The minimum Gasteiger partial charge on any atom is -0.497 e. The number of pyridine rings is 1. The molecule has 27 heavy (non-hydrogen) atoms. The summed E-state index contributed by atoms with van der Waals surface area (Å²) in [5.41, 5.74) is 2.33. The van der Waals surface area contributed by atoms with Crippen LogP contribution in [0.3, 0.4) is 0 Å². The molecule has 0 spiro atoms. The second kappa shape index (κ2) is 8.14. The van der Waals surface area contributed by atoms with Crippen LogP contribution in [0.5, 0.6) is 5.75 Å². The number of rotatable bonds is 6. The summed E-state index contributed by atoms with van der Waals surface area (Å²) in [5, 5.41) is 3.18. The molecule has 0 bridgehead atoms. The first-order valence-electron chi connectivity index (χ1n) is 9.20.